The maximum atomic E-state index is 11.1. The lowest BCUT2D eigenvalue weighted by molar-refractivity contribution is -0.140. The van der Waals surface area contributed by atoms with Gasteiger partial charge in [0.1, 0.15) is 10.8 Å². The van der Waals surface area contributed by atoms with Crippen molar-refractivity contribution >= 4 is 17.3 Å². The van der Waals surface area contributed by atoms with Crippen LogP contribution in [0.1, 0.15) is 26.0 Å². The van der Waals surface area contributed by atoms with E-state index in [0.29, 0.717) is 12.8 Å². The zero-order chi connectivity index (χ0) is 15.2. The lowest BCUT2D eigenvalue weighted by atomic mass is 10.2. The van der Waals surface area contributed by atoms with Crippen LogP contribution in [-0.2, 0) is 16.0 Å². The molecule has 1 aromatic carbocycles. The minimum absolute atomic E-state index is 0.146. The number of aryl methyl sites for hydroxylation is 1. The SMILES string of the molecule is COC(=O)CCc1csc(-c2cccc(OC(C)C)c2)n1. The van der Waals surface area contributed by atoms with Gasteiger partial charge in [0.05, 0.1) is 25.3 Å². The molecule has 2 aromatic rings. The van der Waals surface area contributed by atoms with Crippen LogP contribution in [0.2, 0.25) is 0 Å². The summed E-state index contributed by atoms with van der Waals surface area (Å²) in [5.74, 6) is 0.630. The minimum atomic E-state index is -0.211. The first kappa shape index (κ1) is 15.5. The predicted octanol–water partition coefficient (Wildman–Crippen LogP) is 3.70. The van der Waals surface area contributed by atoms with Crippen LogP contribution in [0, 0.1) is 0 Å². The summed E-state index contributed by atoms with van der Waals surface area (Å²) in [6, 6.07) is 7.90. The zero-order valence-corrected chi connectivity index (χ0v) is 13.3. The number of carbonyl (C=O) groups excluding carboxylic acids is 1. The quantitative estimate of drug-likeness (QED) is 0.763. The van der Waals surface area contributed by atoms with Crippen molar-refractivity contribution in [3.05, 3.63) is 35.3 Å². The van der Waals surface area contributed by atoms with Crippen molar-refractivity contribution < 1.29 is 14.3 Å². The Kier molecular flexibility index (Phi) is 5.33. The summed E-state index contributed by atoms with van der Waals surface area (Å²) in [7, 11) is 1.40. The molecule has 0 fully saturated rings. The summed E-state index contributed by atoms with van der Waals surface area (Å²) in [5, 5.41) is 2.91. The Morgan fingerprint density at radius 1 is 1.38 bits per heavy atom. The van der Waals surface area contributed by atoms with E-state index in [2.05, 4.69) is 9.72 Å². The van der Waals surface area contributed by atoms with Crippen molar-refractivity contribution in [1.29, 1.82) is 0 Å². The Bertz CT molecular complexity index is 607. The summed E-state index contributed by atoms with van der Waals surface area (Å²) < 4.78 is 10.3. The molecule has 21 heavy (non-hydrogen) atoms. The molecular weight excluding hydrogens is 286 g/mol. The van der Waals surface area contributed by atoms with Gasteiger partial charge in [-0.1, -0.05) is 12.1 Å². The van der Waals surface area contributed by atoms with Crippen molar-refractivity contribution in [2.75, 3.05) is 7.11 Å². The number of benzene rings is 1. The molecule has 1 heterocycles. The van der Waals surface area contributed by atoms with E-state index in [4.69, 9.17) is 4.74 Å². The topological polar surface area (TPSA) is 48.4 Å². The molecule has 0 aliphatic carbocycles. The van der Waals surface area contributed by atoms with Crippen LogP contribution in [0.15, 0.2) is 29.6 Å². The number of rotatable bonds is 6. The molecule has 0 unspecified atom stereocenters. The predicted molar refractivity (Wildman–Crippen MR) is 83.7 cm³/mol. The van der Waals surface area contributed by atoms with Gasteiger partial charge in [0.15, 0.2) is 0 Å². The molecule has 0 saturated carbocycles. The molecular formula is C16H19NO3S. The standard InChI is InChI=1S/C16H19NO3S/c1-11(2)20-14-6-4-5-12(9-14)16-17-13(10-21-16)7-8-15(18)19-3/h4-6,9-11H,7-8H2,1-3H3. The number of esters is 1. The van der Waals surface area contributed by atoms with Gasteiger partial charge >= 0.3 is 5.97 Å². The van der Waals surface area contributed by atoms with Gasteiger partial charge in [-0.15, -0.1) is 11.3 Å². The van der Waals surface area contributed by atoms with Gasteiger partial charge in [-0.25, -0.2) is 4.98 Å². The number of ether oxygens (including phenoxy) is 2. The van der Waals surface area contributed by atoms with E-state index in [1.165, 1.54) is 7.11 Å². The monoisotopic (exact) mass is 305 g/mol. The average molecular weight is 305 g/mol. The Morgan fingerprint density at radius 3 is 2.90 bits per heavy atom. The molecule has 112 valence electrons. The first-order valence-corrected chi connectivity index (χ1v) is 7.74. The summed E-state index contributed by atoms with van der Waals surface area (Å²) >= 11 is 1.57. The van der Waals surface area contributed by atoms with Gasteiger partial charge < -0.3 is 9.47 Å². The Labute approximate surface area is 128 Å². The van der Waals surface area contributed by atoms with Gasteiger partial charge in [-0.3, -0.25) is 4.79 Å². The van der Waals surface area contributed by atoms with Crippen molar-refractivity contribution in [2.24, 2.45) is 0 Å². The van der Waals surface area contributed by atoms with E-state index >= 15 is 0 Å². The highest BCUT2D eigenvalue weighted by atomic mass is 32.1. The number of methoxy groups -OCH3 is 1. The van der Waals surface area contributed by atoms with Crippen LogP contribution >= 0.6 is 11.3 Å². The third-order valence-electron chi connectivity index (χ3n) is 2.82. The molecule has 2 rings (SSSR count). The number of nitrogens with zero attached hydrogens (tertiary/aromatic N) is 1. The lowest BCUT2D eigenvalue weighted by Crippen LogP contribution is -2.05. The normalized spacial score (nSPS) is 10.7. The maximum Gasteiger partial charge on any atom is 0.305 e. The zero-order valence-electron chi connectivity index (χ0n) is 12.5. The summed E-state index contributed by atoms with van der Waals surface area (Å²) in [4.78, 5) is 15.7. The van der Waals surface area contributed by atoms with Crippen LogP contribution in [0.3, 0.4) is 0 Å². The number of hydrogen-bond donors (Lipinski definition) is 0. The van der Waals surface area contributed by atoms with Gasteiger partial charge in [0.2, 0.25) is 0 Å². The fraction of sp³-hybridized carbons (Fsp3) is 0.375. The molecule has 0 N–H and O–H groups in total. The smallest absolute Gasteiger partial charge is 0.305 e. The van der Waals surface area contributed by atoms with Gasteiger partial charge in [0.25, 0.3) is 0 Å². The van der Waals surface area contributed by atoms with Crippen molar-refractivity contribution in [3.63, 3.8) is 0 Å². The maximum absolute atomic E-state index is 11.1. The third-order valence-corrected chi connectivity index (χ3v) is 3.76. The number of hydrogen-bond acceptors (Lipinski definition) is 5. The van der Waals surface area contributed by atoms with Crippen LogP contribution in [0.4, 0.5) is 0 Å². The molecule has 0 aliphatic heterocycles. The van der Waals surface area contributed by atoms with E-state index < -0.39 is 0 Å². The average Bonchev–Trinajstić information content (AvgIpc) is 2.93. The first-order valence-electron chi connectivity index (χ1n) is 6.87. The molecule has 0 bridgehead atoms. The van der Waals surface area contributed by atoms with Crippen LogP contribution in [-0.4, -0.2) is 24.2 Å². The highest BCUT2D eigenvalue weighted by Crippen LogP contribution is 2.27. The second-order valence-corrected chi connectivity index (χ2v) is 5.77. The van der Waals surface area contributed by atoms with Crippen LogP contribution in [0.25, 0.3) is 10.6 Å². The molecule has 0 radical (unpaired) electrons. The molecule has 0 atom stereocenters. The molecule has 0 aliphatic rings. The third kappa shape index (κ3) is 4.56. The molecule has 0 saturated heterocycles. The fourth-order valence-corrected chi connectivity index (χ4v) is 2.71. The van der Waals surface area contributed by atoms with Gasteiger partial charge in [-0.05, 0) is 26.0 Å². The Hall–Kier alpha value is -1.88. The number of aromatic nitrogens is 1. The second kappa shape index (κ2) is 7.22. The van der Waals surface area contributed by atoms with Gasteiger partial charge in [-0.2, -0.15) is 0 Å². The van der Waals surface area contributed by atoms with Crippen LogP contribution < -0.4 is 4.74 Å². The van der Waals surface area contributed by atoms with E-state index in [9.17, 15) is 4.79 Å². The molecule has 5 heteroatoms. The molecule has 4 nitrogen and oxygen atoms in total. The molecule has 0 amide bonds. The summed E-state index contributed by atoms with van der Waals surface area (Å²) in [5.41, 5.74) is 1.94. The number of thiazole rings is 1. The Balaban J connectivity index is 2.08. The number of carbonyl (C=O) groups is 1. The van der Waals surface area contributed by atoms with Crippen LogP contribution in [0.5, 0.6) is 5.75 Å². The largest absolute Gasteiger partial charge is 0.491 e. The summed E-state index contributed by atoms with van der Waals surface area (Å²) in [6.07, 6.45) is 1.11. The van der Waals surface area contributed by atoms with Crippen molar-refractivity contribution in [2.45, 2.75) is 32.8 Å². The van der Waals surface area contributed by atoms with E-state index in [1.54, 1.807) is 11.3 Å². The summed E-state index contributed by atoms with van der Waals surface area (Å²) in [6.45, 7) is 4.00. The molecule has 0 spiro atoms. The van der Waals surface area contributed by atoms with Gasteiger partial charge in [0, 0.05) is 17.4 Å². The molecule has 1 aromatic heterocycles. The lowest BCUT2D eigenvalue weighted by Gasteiger charge is -2.10. The van der Waals surface area contributed by atoms with Crippen molar-refractivity contribution in [1.82, 2.24) is 4.98 Å². The minimum Gasteiger partial charge on any atom is -0.491 e. The highest BCUT2D eigenvalue weighted by molar-refractivity contribution is 7.13. The highest BCUT2D eigenvalue weighted by Gasteiger charge is 2.08. The van der Waals surface area contributed by atoms with E-state index in [-0.39, 0.29) is 12.1 Å². The van der Waals surface area contributed by atoms with Crippen molar-refractivity contribution in [3.8, 4) is 16.3 Å². The first-order chi connectivity index (χ1) is 10.1. The van der Waals surface area contributed by atoms with E-state index in [0.717, 1.165) is 22.0 Å². The fourth-order valence-electron chi connectivity index (χ4n) is 1.86. The second-order valence-electron chi connectivity index (χ2n) is 4.91. The Morgan fingerprint density at radius 2 is 2.19 bits per heavy atom. The van der Waals surface area contributed by atoms with E-state index in [1.807, 2.05) is 43.5 Å².